The van der Waals surface area contributed by atoms with Gasteiger partial charge in [-0.25, -0.2) is 0 Å². The summed E-state index contributed by atoms with van der Waals surface area (Å²) in [6.45, 7) is 7.38. The van der Waals surface area contributed by atoms with Crippen molar-refractivity contribution in [1.29, 1.82) is 0 Å². The molecule has 1 amide bonds. The molecule has 1 atom stereocenters. The average Bonchev–Trinajstić information content (AvgIpc) is 3.07. The van der Waals surface area contributed by atoms with E-state index in [1.807, 2.05) is 43.6 Å². The minimum atomic E-state index is 0.00547. The fourth-order valence-corrected chi connectivity index (χ4v) is 3.62. The molecular weight excluding hydrogens is 326 g/mol. The highest BCUT2D eigenvalue weighted by molar-refractivity contribution is 5.92. The Morgan fingerprint density at radius 2 is 1.96 bits per heavy atom. The average molecular weight is 355 g/mol. The zero-order chi connectivity index (χ0) is 18.8. The lowest BCUT2D eigenvalue weighted by atomic mass is 9.93. The van der Waals surface area contributed by atoms with E-state index in [2.05, 4.69) is 29.3 Å². The molecule has 2 aromatic rings. The molecule has 0 unspecified atom stereocenters. The molecule has 0 spiro atoms. The van der Waals surface area contributed by atoms with Crippen LogP contribution in [0.2, 0.25) is 0 Å². The van der Waals surface area contributed by atoms with Crippen LogP contribution in [0, 0.1) is 26.7 Å². The normalized spacial score (nSPS) is 16.9. The number of aryl methyl sites for hydroxylation is 4. The number of amides is 1. The Morgan fingerprint density at radius 1 is 1.19 bits per heavy atom. The summed E-state index contributed by atoms with van der Waals surface area (Å²) in [5.41, 5.74) is 4.75. The lowest BCUT2D eigenvalue weighted by Crippen LogP contribution is -2.36. The number of allylic oxidation sites excluding steroid dienone is 2. The number of hydrogen-bond acceptors (Lipinski definition) is 3. The molecule has 0 aliphatic heterocycles. The van der Waals surface area contributed by atoms with Gasteiger partial charge in [0.2, 0.25) is 0 Å². The molecule has 26 heavy (non-hydrogen) atoms. The number of carbonyl (C=O) groups excluding carboxylic acids is 1. The minimum Gasteiger partial charge on any atom is -0.332 e. The molecule has 0 N–H and O–H groups in total. The Balaban J connectivity index is 1.87. The second kappa shape index (κ2) is 7.48. The highest BCUT2D eigenvalue weighted by Crippen LogP contribution is 2.23. The van der Waals surface area contributed by atoms with E-state index in [9.17, 15) is 4.79 Å². The molecule has 0 saturated carbocycles. The molecule has 0 saturated heterocycles. The van der Waals surface area contributed by atoms with E-state index in [0.717, 1.165) is 48.5 Å². The predicted molar refractivity (Wildman–Crippen MR) is 102 cm³/mol. The zero-order valence-electron chi connectivity index (χ0n) is 16.5. The van der Waals surface area contributed by atoms with Crippen molar-refractivity contribution < 1.29 is 4.79 Å². The Bertz CT molecular complexity index is 810. The van der Waals surface area contributed by atoms with Gasteiger partial charge >= 0.3 is 0 Å². The van der Waals surface area contributed by atoms with Gasteiger partial charge < -0.3 is 4.90 Å². The molecular formula is C20H29N5O. The van der Waals surface area contributed by atoms with Crippen LogP contribution in [0.15, 0.2) is 18.2 Å². The zero-order valence-corrected chi connectivity index (χ0v) is 16.5. The SMILES string of the molecule is Cc1nn(C)c(C)c1CN(C[C@H]1CC=CCC1)C(=O)c1cc(C)n(C)n1. The maximum absolute atomic E-state index is 13.2. The van der Waals surface area contributed by atoms with Gasteiger partial charge in [0.25, 0.3) is 5.91 Å². The number of aromatic nitrogens is 4. The van der Waals surface area contributed by atoms with Gasteiger partial charge in [-0.1, -0.05) is 12.2 Å². The van der Waals surface area contributed by atoms with E-state index >= 15 is 0 Å². The molecule has 1 aliphatic rings. The third-order valence-corrected chi connectivity index (χ3v) is 5.48. The van der Waals surface area contributed by atoms with Crippen molar-refractivity contribution in [3.63, 3.8) is 0 Å². The maximum Gasteiger partial charge on any atom is 0.274 e. The smallest absolute Gasteiger partial charge is 0.274 e. The summed E-state index contributed by atoms with van der Waals surface area (Å²) >= 11 is 0. The van der Waals surface area contributed by atoms with Crippen LogP contribution in [0.4, 0.5) is 0 Å². The molecule has 3 rings (SSSR count). The van der Waals surface area contributed by atoms with Crippen LogP contribution in [0.1, 0.15) is 52.4 Å². The summed E-state index contributed by atoms with van der Waals surface area (Å²) in [6.07, 6.45) is 7.74. The molecule has 6 heteroatoms. The van der Waals surface area contributed by atoms with Crippen LogP contribution >= 0.6 is 0 Å². The molecule has 0 radical (unpaired) electrons. The quantitative estimate of drug-likeness (QED) is 0.775. The van der Waals surface area contributed by atoms with Crippen molar-refractivity contribution in [2.75, 3.05) is 6.54 Å². The van der Waals surface area contributed by atoms with Crippen LogP contribution < -0.4 is 0 Å². The van der Waals surface area contributed by atoms with Crippen molar-refractivity contribution in [3.05, 3.63) is 46.6 Å². The fourth-order valence-electron chi connectivity index (χ4n) is 3.62. The first kappa shape index (κ1) is 18.4. The molecule has 2 heterocycles. The topological polar surface area (TPSA) is 56.0 Å². The summed E-state index contributed by atoms with van der Waals surface area (Å²) in [7, 11) is 3.82. The van der Waals surface area contributed by atoms with Crippen LogP contribution in [-0.4, -0.2) is 36.9 Å². The van der Waals surface area contributed by atoms with E-state index in [-0.39, 0.29) is 5.91 Å². The second-order valence-corrected chi connectivity index (χ2v) is 7.40. The highest BCUT2D eigenvalue weighted by atomic mass is 16.2. The minimum absolute atomic E-state index is 0.00547. The lowest BCUT2D eigenvalue weighted by Gasteiger charge is -2.28. The maximum atomic E-state index is 13.2. The Kier molecular flexibility index (Phi) is 5.30. The van der Waals surface area contributed by atoms with Crippen LogP contribution in [0.3, 0.4) is 0 Å². The molecule has 2 aromatic heterocycles. The predicted octanol–water partition coefficient (Wildman–Crippen LogP) is 3.08. The lowest BCUT2D eigenvalue weighted by molar-refractivity contribution is 0.0703. The molecule has 140 valence electrons. The van der Waals surface area contributed by atoms with Crippen LogP contribution in [-0.2, 0) is 20.6 Å². The Morgan fingerprint density at radius 3 is 2.50 bits per heavy atom. The molecule has 1 aliphatic carbocycles. The number of hydrogen-bond donors (Lipinski definition) is 0. The van der Waals surface area contributed by atoms with Crippen molar-refractivity contribution in [1.82, 2.24) is 24.5 Å². The number of nitrogens with zero attached hydrogens (tertiary/aromatic N) is 5. The van der Waals surface area contributed by atoms with Gasteiger partial charge in [-0.15, -0.1) is 0 Å². The number of carbonyl (C=O) groups is 1. The molecule has 0 fully saturated rings. The molecule has 0 aromatic carbocycles. The fraction of sp³-hybridized carbons (Fsp3) is 0.550. The van der Waals surface area contributed by atoms with E-state index in [0.29, 0.717) is 18.2 Å². The van der Waals surface area contributed by atoms with E-state index < -0.39 is 0 Å². The largest absolute Gasteiger partial charge is 0.332 e. The third-order valence-electron chi connectivity index (χ3n) is 5.48. The Hall–Kier alpha value is -2.37. The van der Waals surface area contributed by atoms with E-state index in [1.54, 1.807) is 4.68 Å². The summed E-state index contributed by atoms with van der Waals surface area (Å²) in [4.78, 5) is 15.2. The summed E-state index contributed by atoms with van der Waals surface area (Å²) in [5.74, 6) is 0.511. The van der Waals surface area contributed by atoms with Crippen molar-refractivity contribution in [3.8, 4) is 0 Å². The van der Waals surface area contributed by atoms with Crippen molar-refractivity contribution in [2.45, 2.75) is 46.6 Å². The third kappa shape index (κ3) is 3.74. The first-order valence-electron chi connectivity index (χ1n) is 9.30. The van der Waals surface area contributed by atoms with Gasteiger partial charge in [-0.2, -0.15) is 10.2 Å². The van der Waals surface area contributed by atoms with Gasteiger partial charge in [-0.3, -0.25) is 14.2 Å². The van der Waals surface area contributed by atoms with E-state index in [4.69, 9.17) is 0 Å². The van der Waals surface area contributed by atoms with Gasteiger partial charge in [-0.05, 0) is 52.0 Å². The summed E-state index contributed by atoms with van der Waals surface area (Å²) < 4.78 is 3.65. The van der Waals surface area contributed by atoms with Crippen molar-refractivity contribution in [2.24, 2.45) is 20.0 Å². The summed E-state index contributed by atoms with van der Waals surface area (Å²) in [6, 6.07) is 1.87. The molecule has 6 nitrogen and oxygen atoms in total. The van der Waals surface area contributed by atoms with Crippen LogP contribution in [0.25, 0.3) is 0 Å². The first-order valence-corrected chi connectivity index (χ1v) is 9.30. The van der Waals surface area contributed by atoms with E-state index in [1.165, 1.54) is 0 Å². The standard InChI is InChI=1S/C20H29N5O/c1-14-11-19(22-23(14)4)20(26)25(12-17-9-7-6-8-10-17)13-18-15(2)21-24(5)16(18)3/h6-7,11,17H,8-10,12-13H2,1-5H3/t17-/m0/s1. The van der Waals surface area contributed by atoms with Crippen LogP contribution in [0.5, 0.6) is 0 Å². The second-order valence-electron chi connectivity index (χ2n) is 7.40. The van der Waals surface area contributed by atoms with Gasteiger partial charge in [0.05, 0.1) is 5.69 Å². The highest BCUT2D eigenvalue weighted by Gasteiger charge is 2.25. The monoisotopic (exact) mass is 355 g/mol. The molecule has 0 bridgehead atoms. The Labute approximate surface area is 155 Å². The van der Waals surface area contributed by atoms with Gasteiger partial charge in [0.1, 0.15) is 0 Å². The van der Waals surface area contributed by atoms with Crippen molar-refractivity contribution >= 4 is 5.91 Å². The summed E-state index contributed by atoms with van der Waals surface area (Å²) in [5, 5.41) is 8.92. The number of rotatable bonds is 5. The van der Waals surface area contributed by atoms with Gasteiger partial charge in [0.15, 0.2) is 5.69 Å². The van der Waals surface area contributed by atoms with Gasteiger partial charge in [0, 0.05) is 44.1 Å². The first-order chi connectivity index (χ1) is 12.4.